The van der Waals surface area contributed by atoms with Crippen LogP contribution >= 0.6 is 0 Å². The molecule has 0 bridgehead atoms. The van der Waals surface area contributed by atoms with Crippen LogP contribution in [0, 0.1) is 5.92 Å². The molecule has 2 aliphatic heterocycles. The molecule has 0 aromatic rings. The first-order valence-electron chi connectivity index (χ1n) is 6.76. The van der Waals surface area contributed by atoms with E-state index in [1.54, 1.807) is 0 Å². The van der Waals surface area contributed by atoms with Crippen LogP contribution in [0.4, 0.5) is 0 Å². The molecule has 3 nitrogen and oxygen atoms in total. The summed E-state index contributed by atoms with van der Waals surface area (Å²) in [6.45, 7) is 8.83. The zero-order chi connectivity index (χ0) is 11.4. The Kier molecular flexibility index (Phi) is 4.22. The zero-order valence-electron chi connectivity index (χ0n) is 10.7. The fourth-order valence-corrected chi connectivity index (χ4v) is 2.74. The van der Waals surface area contributed by atoms with Gasteiger partial charge in [-0.3, -0.25) is 0 Å². The monoisotopic (exact) mass is 226 g/mol. The molecule has 0 aromatic carbocycles. The summed E-state index contributed by atoms with van der Waals surface area (Å²) in [5.74, 6) is 0.810. The van der Waals surface area contributed by atoms with Gasteiger partial charge in [0, 0.05) is 31.3 Å². The van der Waals surface area contributed by atoms with Gasteiger partial charge in [-0.15, -0.1) is 0 Å². The van der Waals surface area contributed by atoms with Crippen molar-refractivity contribution in [3.8, 4) is 0 Å². The average molecular weight is 226 g/mol. The van der Waals surface area contributed by atoms with Crippen LogP contribution in [0.2, 0.25) is 0 Å². The predicted octanol–water partition coefficient (Wildman–Crippen LogP) is 1.53. The highest BCUT2D eigenvalue weighted by atomic mass is 16.5. The molecule has 16 heavy (non-hydrogen) atoms. The zero-order valence-corrected chi connectivity index (χ0v) is 10.7. The van der Waals surface area contributed by atoms with Gasteiger partial charge in [-0.1, -0.05) is 6.92 Å². The lowest BCUT2D eigenvalue weighted by atomic mass is 9.89. The fraction of sp³-hybridized carbons (Fsp3) is 1.00. The lowest BCUT2D eigenvalue weighted by Crippen LogP contribution is -2.54. The quantitative estimate of drug-likeness (QED) is 0.766. The third kappa shape index (κ3) is 3.19. The predicted molar refractivity (Wildman–Crippen MR) is 66.6 cm³/mol. The molecule has 2 saturated heterocycles. The van der Waals surface area contributed by atoms with Crippen molar-refractivity contribution in [2.75, 3.05) is 26.3 Å². The minimum absolute atomic E-state index is 0.303. The van der Waals surface area contributed by atoms with Crippen molar-refractivity contribution in [2.24, 2.45) is 5.92 Å². The Hall–Kier alpha value is -0.120. The van der Waals surface area contributed by atoms with Crippen LogP contribution in [0.15, 0.2) is 0 Å². The molecule has 2 atom stereocenters. The number of ether oxygens (including phenoxy) is 1. The summed E-state index contributed by atoms with van der Waals surface area (Å²) in [6, 6.07) is 0.661. The van der Waals surface area contributed by atoms with E-state index in [9.17, 15) is 0 Å². The maximum absolute atomic E-state index is 5.42. The second-order valence-electron chi connectivity index (χ2n) is 5.73. The second kappa shape index (κ2) is 5.48. The fourth-order valence-electron chi connectivity index (χ4n) is 2.74. The van der Waals surface area contributed by atoms with E-state index in [1.165, 1.54) is 19.4 Å². The summed E-state index contributed by atoms with van der Waals surface area (Å²) in [6.07, 6.45) is 5.00. The van der Waals surface area contributed by atoms with Crippen LogP contribution in [-0.4, -0.2) is 37.9 Å². The van der Waals surface area contributed by atoms with E-state index in [-0.39, 0.29) is 0 Å². The minimum atomic E-state index is 0.303. The van der Waals surface area contributed by atoms with Gasteiger partial charge in [-0.25, -0.2) is 0 Å². The molecular formula is C13H26N2O. The van der Waals surface area contributed by atoms with E-state index in [4.69, 9.17) is 4.74 Å². The Labute approximate surface area is 99.3 Å². The number of piperidine rings is 1. The largest absolute Gasteiger partial charge is 0.381 e. The molecule has 2 rings (SSSR count). The molecule has 0 radical (unpaired) electrons. The summed E-state index contributed by atoms with van der Waals surface area (Å²) in [7, 11) is 0. The van der Waals surface area contributed by atoms with Gasteiger partial charge in [0.15, 0.2) is 0 Å². The van der Waals surface area contributed by atoms with Crippen molar-refractivity contribution >= 4 is 0 Å². The summed E-state index contributed by atoms with van der Waals surface area (Å²) in [5.41, 5.74) is 0.303. The maximum atomic E-state index is 5.42. The number of hydrogen-bond acceptors (Lipinski definition) is 3. The van der Waals surface area contributed by atoms with Crippen LogP contribution in [0.25, 0.3) is 0 Å². The third-order valence-electron chi connectivity index (χ3n) is 4.27. The first kappa shape index (κ1) is 12.3. The Morgan fingerprint density at radius 1 is 1.38 bits per heavy atom. The van der Waals surface area contributed by atoms with E-state index in [2.05, 4.69) is 24.5 Å². The smallest absolute Gasteiger partial charge is 0.0483 e. The Morgan fingerprint density at radius 2 is 2.12 bits per heavy atom. The molecule has 3 heteroatoms. The molecular weight excluding hydrogens is 200 g/mol. The van der Waals surface area contributed by atoms with E-state index >= 15 is 0 Å². The first-order chi connectivity index (χ1) is 7.70. The molecule has 2 unspecified atom stereocenters. The van der Waals surface area contributed by atoms with Crippen molar-refractivity contribution < 1.29 is 4.74 Å². The highest BCUT2D eigenvalue weighted by Crippen LogP contribution is 2.21. The molecule has 0 saturated carbocycles. The molecule has 2 fully saturated rings. The van der Waals surface area contributed by atoms with Gasteiger partial charge in [0.1, 0.15) is 0 Å². The third-order valence-corrected chi connectivity index (χ3v) is 4.27. The van der Waals surface area contributed by atoms with Crippen molar-refractivity contribution in [3.05, 3.63) is 0 Å². The Morgan fingerprint density at radius 3 is 2.81 bits per heavy atom. The van der Waals surface area contributed by atoms with Crippen LogP contribution in [0.5, 0.6) is 0 Å². The van der Waals surface area contributed by atoms with Crippen molar-refractivity contribution in [2.45, 2.75) is 51.1 Å². The molecule has 0 amide bonds. The van der Waals surface area contributed by atoms with E-state index in [1.807, 2.05) is 0 Å². The summed E-state index contributed by atoms with van der Waals surface area (Å²) < 4.78 is 5.42. The molecule has 0 aromatic heterocycles. The number of nitrogens with one attached hydrogen (secondary N) is 2. The molecule has 2 aliphatic rings. The van der Waals surface area contributed by atoms with E-state index < -0.39 is 0 Å². The van der Waals surface area contributed by atoms with Gasteiger partial charge in [0.05, 0.1) is 0 Å². The first-order valence-corrected chi connectivity index (χ1v) is 6.76. The minimum Gasteiger partial charge on any atom is -0.381 e. The lowest BCUT2D eigenvalue weighted by Gasteiger charge is -2.38. The number of hydrogen-bond donors (Lipinski definition) is 2. The maximum Gasteiger partial charge on any atom is 0.0483 e. The second-order valence-corrected chi connectivity index (χ2v) is 5.73. The van der Waals surface area contributed by atoms with Gasteiger partial charge in [-0.05, 0) is 45.1 Å². The van der Waals surface area contributed by atoms with Gasteiger partial charge in [0.25, 0.3) is 0 Å². The lowest BCUT2D eigenvalue weighted by molar-refractivity contribution is 0.0432. The van der Waals surface area contributed by atoms with Gasteiger partial charge >= 0.3 is 0 Å². The van der Waals surface area contributed by atoms with Crippen LogP contribution < -0.4 is 10.6 Å². The Bertz CT molecular complexity index is 214. The topological polar surface area (TPSA) is 33.3 Å². The highest BCUT2D eigenvalue weighted by Gasteiger charge is 2.29. The van der Waals surface area contributed by atoms with Crippen LogP contribution in [-0.2, 0) is 4.74 Å². The molecule has 2 N–H and O–H groups in total. The van der Waals surface area contributed by atoms with Crippen LogP contribution in [0.1, 0.15) is 39.5 Å². The highest BCUT2D eigenvalue weighted by molar-refractivity contribution is 4.89. The van der Waals surface area contributed by atoms with E-state index in [0.29, 0.717) is 11.6 Å². The van der Waals surface area contributed by atoms with E-state index in [0.717, 1.165) is 38.5 Å². The summed E-state index contributed by atoms with van der Waals surface area (Å²) in [4.78, 5) is 0. The molecule has 2 heterocycles. The van der Waals surface area contributed by atoms with Crippen molar-refractivity contribution in [1.82, 2.24) is 10.6 Å². The van der Waals surface area contributed by atoms with Crippen molar-refractivity contribution in [1.29, 1.82) is 0 Å². The SMILES string of the molecule is CC1CCCNC1CNC1(C)CCOCC1. The molecule has 0 spiro atoms. The molecule has 0 aliphatic carbocycles. The van der Waals surface area contributed by atoms with Gasteiger partial charge < -0.3 is 15.4 Å². The van der Waals surface area contributed by atoms with Gasteiger partial charge in [-0.2, -0.15) is 0 Å². The molecule has 94 valence electrons. The number of rotatable bonds is 3. The Balaban J connectivity index is 1.76. The van der Waals surface area contributed by atoms with Crippen LogP contribution in [0.3, 0.4) is 0 Å². The average Bonchev–Trinajstić information content (AvgIpc) is 2.29. The van der Waals surface area contributed by atoms with Crippen molar-refractivity contribution in [3.63, 3.8) is 0 Å². The van der Waals surface area contributed by atoms with Gasteiger partial charge in [0.2, 0.25) is 0 Å². The summed E-state index contributed by atoms with van der Waals surface area (Å²) >= 11 is 0. The normalized spacial score (nSPS) is 34.9. The summed E-state index contributed by atoms with van der Waals surface area (Å²) in [5, 5.41) is 7.39. The standard InChI is InChI=1S/C13H26N2O/c1-11-4-3-7-14-12(11)10-15-13(2)5-8-16-9-6-13/h11-12,14-15H,3-10H2,1-2H3.